The fourth-order valence-corrected chi connectivity index (χ4v) is 2.90. The van der Waals surface area contributed by atoms with Crippen molar-refractivity contribution < 1.29 is 4.74 Å². The van der Waals surface area contributed by atoms with Gasteiger partial charge in [-0.15, -0.1) is 0 Å². The van der Waals surface area contributed by atoms with E-state index in [9.17, 15) is 4.79 Å². The van der Waals surface area contributed by atoms with Crippen molar-refractivity contribution in [3.8, 4) is 0 Å². The SMILES string of the molecule is CC1CN(Cc2nc3ccccc3c(=O)n2C)C(C)(C)CO1. The fourth-order valence-electron chi connectivity index (χ4n) is 2.90. The summed E-state index contributed by atoms with van der Waals surface area (Å²) in [7, 11) is 1.80. The lowest BCUT2D eigenvalue weighted by molar-refractivity contribution is -0.0960. The largest absolute Gasteiger partial charge is 0.375 e. The van der Waals surface area contributed by atoms with E-state index in [1.807, 2.05) is 24.3 Å². The van der Waals surface area contributed by atoms with Gasteiger partial charge in [-0.25, -0.2) is 4.98 Å². The van der Waals surface area contributed by atoms with E-state index >= 15 is 0 Å². The molecule has 1 aromatic carbocycles. The van der Waals surface area contributed by atoms with Gasteiger partial charge in [0.1, 0.15) is 5.82 Å². The highest BCUT2D eigenvalue weighted by Crippen LogP contribution is 2.23. The molecule has 0 radical (unpaired) electrons. The fraction of sp³-hybridized carbons (Fsp3) is 0.529. The van der Waals surface area contributed by atoms with Crippen LogP contribution in [0.5, 0.6) is 0 Å². The minimum atomic E-state index is -0.0596. The topological polar surface area (TPSA) is 47.4 Å². The lowest BCUT2D eigenvalue weighted by Gasteiger charge is -2.44. The lowest BCUT2D eigenvalue weighted by Crippen LogP contribution is -2.55. The molecule has 118 valence electrons. The second-order valence-corrected chi connectivity index (χ2v) is 6.72. The molecule has 0 bridgehead atoms. The van der Waals surface area contributed by atoms with Crippen LogP contribution in [0.25, 0.3) is 10.9 Å². The number of fused-ring (bicyclic) bond motifs is 1. The Morgan fingerprint density at radius 3 is 2.86 bits per heavy atom. The standard InChI is InChI=1S/C17H23N3O2/c1-12-9-20(17(2,3)11-22-12)10-15-18-14-8-6-5-7-13(14)16(21)19(15)4/h5-8,12H,9-11H2,1-4H3. The molecule has 5 nitrogen and oxygen atoms in total. The van der Waals surface area contributed by atoms with E-state index in [1.165, 1.54) is 0 Å². The number of morpholine rings is 1. The third kappa shape index (κ3) is 2.66. The average molecular weight is 301 g/mol. The third-order valence-corrected chi connectivity index (χ3v) is 4.46. The zero-order chi connectivity index (χ0) is 15.9. The second kappa shape index (κ2) is 5.48. The first-order valence-electron chi connectivity index (χ1n) is 7.70. The first-order valence-corrected chi connectivity index (χ1v) is 7.70. The first-order chi connectivity index (χ1) is 10.4. The molecule has 1 aromatic heterocycles. The Hall–Kier alpha value is -1.72. The quantitative estimate of drug-likeness (QED) is 0.850. The van der Waals surface area contributed by atoms with E-state index < -0.39 is 0 Å². The predicted octanol–water partition coefficient (Wildman–Crippen LogP) is 1.93. The molecule has 1 atom stereocenters. The van der Waals surface area contributed by atoms with Crippen LogP contribution in [0.1, 0.15) is 26.6 Å². The van der Waals surface area contributed by atoms with Gasteiger partial charge in [0.15, 0.2) is 0 Å². The summed E-state index contributed by atoms with van der Waals surface area (Å²) in [5, 5.41) is 0.670. The monoisotopic (exact) mass is 301 g/mol. The Morgan fingerprint density at radius 2 is 2.09 bits per heavy atom. The minimum absolute atomic E-state index is 0.0136. The molecule has 0 aliphatic carbocycles. The van der Waals surface area contributed by atoms with Gasteiger partial charge in [0.25, 0.3) is 5.56 Å². The molecule has 5 heteroatoms. The van der Waals surface area contributed by atoms with Crippen LogP contribution >= 0.6 is 0 Å². The summed E-state index contributed by atoms with van der Waals surface area (Å²) in [5.41, 5.74) is 0.718. The van der Waals surface area contributed by atoms with Crippen LogP contribution in [0.3, 0.4) is 0 Å². The molecular weight excluding hydrogens is 278 g/mol. The molecule has 1 saturated heterocycles. The summed E-state index contributed by atoms with van der Waals surface area (Å²) < 4.78 is 7.42. The van der Waals surface area contributed by atoms with Crippen LogP contribution in [0.4, 0.5) is 0 Å². The number of hydrogen-bond donors (Lipinski definition) is 0. The zero-order valence-corrected chi connectivity index (χ0v) is 13.7. The summed E-state index contributed by atoms with van der Waals surface area (Å²) in [6, 6.07) is 7.51. The van der Waals surface area contributed by atoms with Crippen LogP contribution in [0.2, 0.25) is 0 Å². The van der Waals surface area contributed by atoms with Crippen molar-refractivity contribution in [2.75, 3.05) is 13.2 Å². The maximum atomic E-state index is 12.5. The normalized spacial score (nSPS) is 22.1. The summed E-state index contributed by atoms with van der Waals surface area (Å²) in [5.74, 6) is 0.797. The Balaban J connectivity index is 2.00. The van der Waals surface area contributed by atoms with Gasteiger partial charge >= 0.3 is 0 Å². The van der Waals surface area contributed by atoms with Gasteiger partial charge in [-0.05, 0) is 32.9 Å². The van der Waals surface area contributed by atoms with Crippen LogP contribution in [-0.2, 0) is 18.3 Å². The molecule has 0 spiro atoms. The van der Waals surface area contributed by atoms with Crippen molar-refractivity contribution in [2.45, 2.75) is 39.0 Å². The molecule has 1 fully saturated rings. The summed E-state index contributed by atoms with van der Waals surface area (Å²) in [6.07, 6.45) is 0.200. The molecule has 1 aliphatic heterocycles. The molecule has 1 aliphatic rings. The van der Waals surface area contributed by atoms with E-state index in [0.29, 0.717) is 18.5 Å². The number of nitrogens with zero attached hydrogens (tertiary/aromatic N) is 3. The van der Waals surface area contributed by atoms with Crippen LogP contribution in [0.15, 0.2) is 29.1 Å². The third-order valence-electron chi connectivity index (χ3n) is 4.46. The van der Waals surface area contributed by atoms with Crippen molar-refractivity contribution in [2.24, 2.45) is 7.05 Å². The first kappa shape index (κ1) is 15.2. The van der Waals surface area contributed by atoms with Crippen molar-refractivity contribution in [1.82, 2.24) is 14.5 Å². The van der Waals surface area contributed by atoms with Gasteiger partial charge in [0, 0.05) is 19.1 Å². The maximum Gasteiger partial charge on any atom is 0.261 e. The molecule has 2 heterocycles. The second-order valence-electron chi connectivity index (χ2n) is 6.72. The smallest absolute Gasteiger partial charge is 0.261 e. The number of benzene rings is 1. The molecule has 0 N–H and O–H groups in total. The predicted molar refractivity (Wildman–Crippen MR) is 86.9 cm³/mol. The van der Waals surface area contributed by atoms with Gasteiger partial charge in [-0.1, -0.05) is 12.1 Å². The number of rotatable bonds is 2. The molecule has 0 amide bonds. The minimum Gasteiger partial charge on any atom is -0.375 e. The number of hydrogen-bond acceptors (Lipinski definition) is 4. The van der Waals surface area contributed by atoms with E-state index in [4.69, 9.17) is 9.72 Å². The molecular formula is C17H23N3O2. The van der Waals surface area contributed by atoms with Crippen molar-refractivity contribution >= 4 is 10.9 Å². The van der Waals surface area contributed by atoms with Crippen molar-refractivity contribution in [3.63, 3.8) is 0 Å². The van der Waals surface area contributed by atoms with Crippen LogP contribution in [-0.4, -0.2) is 39.2 Å². The van der Waals surface area contributed by atoms with Crippen molar-refractivity contribution in [1.29, 1.82) is 0 Å². The Kier molecular flexibility index (Phi) is 3.78. The van der Waals surface area contributed by atoms with Gasteiger partial charge in [0.05, 0.1) is 30.2 Å². The highest BCUT2D eigenvalue weighted by Gasteiger charge is 2.34. The molecule has 2 aromatic rings. The number of para-hydroxylation sites is 1. The summed E-state index contributed by atoms with van der Waals surface area (Å²) in [6.45, 7) is 8.59. The molecule has 22 heavy (non-hydrogen) atoms. The molecule has 0 saturated carbocycles. The van der Waals surface area contributed by atoms with Gasteiger partial charge in [-0.3, -0.25) is 14.3 Å². The van der Waals surface area contributed by atoms with E-state index in [2.05, 4.69) is 25.7 Å². The molecule has 1 unspecified atom stereocenters. The lowest BCUT2D eigenvalue weighted by atomic mass is 10.0. The summed E-state index contributed by atoms with van der Waals surface area (Å²) >= 11 is 0. The Morgan fingerprint density at radius 1 is 1.36 bits per heavy atom. The number of ether oxygens (including phenoxy) is 1. The van der Waals surface area contributed by atoms with Crippen molar-refractivity contribution in [3.05, 3.63) is 40.4 Å². The number of aromatic nitrogens is 2. The summed E-state index contributed by atoms with van der Waals surface area (Å²) in [4.78, 5) is 19.5. The zero-order valence-electron chi connectivity index (χ0n) is 13.7. The van der Waals surface area contributed by atoms with Crippen LogP contribution in [0, 0.1) is 0 Å². The highest BCUT2D eigenvalue weighted by molar-refractivity contribution is 5.77. The van der Waals surface area contributed by atoms with Gasteiger partial charge in [-0.2, -0.15) is 0 Å². The van der Waals surface area contributed by atoms with E-state index in [0.717, 1.165) is 17.9 Å². The molecule has 3 rings (SSSR count). The Labute approximate surface area is 130 Å². The van der Waals surface area contributed by atoms with Gasteiger partial charge < -0.3 is 4.74 Å². The highest BCUT2D eigenvalue weighted by atomic mass is 16.5. The maximum absolute atomic E-state index is 12.5. The van der Waals surface area contributed by atoms with Gasteiger partial charge in [0.2, 0.25) is 0 Å². The average Bonchev–Trinajstić information content (AvgIpc) is 2.48. The van der Waals surface area contributed by atoms with E-state index in [-0.39, 0.29) is 17.2 Å². The Bertz CT molecular complexity index is 751. The van der Waals surface area contributed by atoms with Crippen LogP contribution < -0.4 is 5.56 Å². The van der Waals surface area contributed by atoms with E-state index in [1.54, 1.807) is 11.6 Å².